The molecule has 112 valence electrons. The first kappa shape index (κ1) is 15.2. The number of ether oxygens (including phenoxy) is 1. The van der Waals surface area contributed by atoms with Gasteiger partial charge < -0.3 is 10.5 Å². The Morgan fingerprint density at radius 1 is 1.26 bits per heavy atom. The summed E-state index contributed by atoms with van der Waals surface area (Å²) in [6.07, 6.45) is 5.20. The van der Waals surface area contributed by atoms with Crippen LogP contribution in [0.5, 0.6) is 0 Å². The van der Waals surface area contributed by atoms with Gasteiger partial charge in [-0.15, -0.1) is 0 Å². The molecule has 0 radical (unpaired) electrons. The molecule has 0 unspecified atom stereocenters. The van der Waals surface area contributed by atoms with Crippen molar-refractivity contribution >= 4 is 0 Å². The molecule has 0 bridgehead atoms. The maximum Gasteiger partial charge on any atom is 0.0594 e. The monoisotopic (exact) mass is 269 g/mol. The van der Waals surface area contributed by atoms with Gasteiger partial charge in [0.2, 0.25) is 0 Å². The van der Waals surface area contributed by atoms with E-state index < -0.39 is 0 Å². The number of rotatable bonds is 5. The van der Waals surface area contributed by atoms with Crippen molar-refractivity contribution in [2.45, 2.75) is 38.1 Å². The van der Waals surface area contributed by atoms with Gasteiger partial charge in [0.25, 0.3) is 0 Å². The Kier molecular flexibility index (Phi) is 5.63. The minimum Gasteiger partial charge on any atom is -0.379 e. The SMILES string of the molecule is CC1CCC(CN)(N(C)CCN2CCOCC2)CC1. The lowest BCUT2D eigenvalue weighted by Gasteiger charge is -2.46. The Hall–Kier alpha value is -0.160. The zero-order valence-electron chi connectivity index (χ0n) is 12.7. The van der Waals surface area contributed by atoms with Gasteiger partial charge in [0.1, 0.15) is 0 Å². The van der Waals surface area contributed by atoms with E-state index in [4.69, 9.17) is 10.5 Å². The lowest BCUT2D eigenvalue weighted by Crippen LogP contribution is -2.56. The summed E-state index contributed by atoms with van der Waals surface area (Å²) in [4.78, 5) is 5.05. The normalized spacial score (nSPS) is 33.8. The molecule has 19 heavy (non-hydrogen) atoms. The average molecular weight is 269 g/mol. The zero-order valence-corrected chi connectivity index (χ0v) is 12.7. The Balaban J connectivity index is 1.80. The highest BCUT2D eigenvalue weighted by atomic mass is 16.5. The van der Waals surface area contributed by atoms with Crippen LogP contribution in [0.25, 0.3) is 0 Å². The van der Waals surface area contributed by atoms with Crippen LogP contribution < -0.4 is 5.73 Å². The van der Waals surface area contributed by atoms with Crippen molar-refractivity contribution in [3.8, 4) is 0 Å². The molecule has 1 saturated carbocycles. The lowest BCUT2D eigenvalue weighted by molar-refractivity contribution is 0.0186. The first-order valence-electron chi connectivity index (χ1n) is 7.88. The van der Waals surface area contributed by atoms with Gasteiger partial charge in [-0.3, -0.25) is 9.80 Å². The maximum atomic E-state index is 6.12. The number of hydrogen-bond acceptors (Lipinski definition) is 4. The number of nitrogens with two attached hydrogens (primary N) is 1. The second-order valence-corrected chi connectivity index (χ2v) is 6.49. The molecule has 0 atom stereocenters. The van der Waals surface area contributed by atoms with Gasteiger partial charge in [-0.25, -0.2) is 0 Å². The third kappa shape index (κ3) is 3.91. The summed E-state index contributed by atoms with van der Waals surface area (Å²) in [5.74, 6) is 0.882. The van der Waals surface area contributed by atoms with Crippen LogP contribution in [0, 0.1) is 5.92 Å². The predicted molar refractivity (Wildman–Crippen MR) is 79.3 cm³/mol. The summed E-state index contributed by atoms with van der Waals surface area (Å²) in [6.45, 7) is 9.41. The number of morpholine rings is 1. The Morgan fingerprint density at radius 3 is 2.47 bits per heavy atom. The number of nitrogens with zero attached hydrogens (tertiary/aromatic N) is 2. The predicted octanol–water partition coefficient (Wildman–Crippen LogP) is 1.16. The third-order valence-electron chi connectivity index (χ3n) is 5.25. The van der Waals surface area contributed by atoms with E-state index in [2.05, 4.69) is 23.8 Å². The summed E-state index contributed by atoms with van der Waals surface area (Å²) in [5.41, 5.74) is 6.38. The topological polar surface area (TPSA) is 41.7 Å². The molecule has 2 N–H and O–H groups in total. The molecule has 0 aromatic rings. The largest absolute Gasteiger partial charge is 0.379 e. The van der Waals surface area contributed by atoms with Crippen molar-refractivity contribution in [3.63, 3.8) is 0 Å². The summed E-state index contributed by atoms with van der Waals surface area (Å²) >= 11 is 0. The first-order valence-corrected chi connectivity index (χ1v) is 7.88. The quantitative estimate of drug-likeness (QED) is 0.813. The number of likely N-dealkylation sites (N-methyl/N-ethyl adjacent to an activating group) is 1. The van der Waals surface area contributed by atoms with Gasteiger partial charge >= 0.3 is 0 Å². The van der Waals surface area contributed by atoms with Crippen molar-refractivity contribution in [1.29, 1.82) is 0 Å². The molecule has 0 spiro atoms. The second kappa shape index (κ2) is 7.02. The lowest BCUT2D eigenvalue weighted by atomic mass is 9.76. The highest BCUT2D eigenvalue weighted by Crippen LogP contribution is 2.34. The van der Waals surface area contributed by atoms with E-state index in [1.54, 1.807) is 0 Å². The molecule has 4 nitrogen and oxygen atoms in total. The summed E-state index contributed by atoms with van der Waals surface area (Å²) in [7, 11) is 2.27. The van der Waals surface area contributed by atoms with Crippen molar-refractivity contribution in [3.05, 3.63) is 0 Å². The fourth-order valence-corrected chi connectivity index (χ4v) is 3.39. The van der Waals surface area contributed by atoms with Crippen LogP contribution >= 0.6 is 0 Å². The fourth-order valence-electron chi connectivity index (χ4n) is 3.39. The number of hydrogen-bond donors (Lipinski definition) is 1. The van der Waals surface area contributed by atoms with Gasteiger partial charge in [-0.1, -0.05) is 6.92 Å². The standard InChI is InChI=1S/C15H31N3O/c1-14-3-5-15(13-16,6-4-14)17(2)7-8-18-9-11-19-12-10-18/h14H,3-13,16H2,1-2H3. The molecule has 2 rings (SSSR count). The summed E-state index contributed by atoms with van der Waals surface area (Å²) in [5, 5.41) is 0. The van der Waals surface area contributed by atoms with Crippen molar-refractivity contribution in [2.75, 3.05) is 53.0 Å². The second-order valence-electron chi connectivity index (χ2n) is 6.49. The van der Waals surface area contributed by atoms with E-state index in [9.17, 15) is 0 Å². The smallest absolute Gasteiger partial charge is 0.0594 e. The maximum absolute atomic E-state index is 6.12. The van der Waals surface area contributed by atoms with Crippen LogP contribution in [0.1, 0.15) is 32.6 Å². The van der Waals surface area contributed by atoms with Crippen molar-refractivity contribution in [2.24, 2.45) is 11.7 Å². The molecule has 4 heteroatoms. The Labute approximate surface area is 118 Å². The molecule has 1 saturated heterocycles. The van der Waals surface area contributed by atoms with Crippen LogP contribution in [0.15, 0.2) is 0 Å². The molecule has 0 amide bonds. The average Bonchev–Trinajstić information content (AvgIpc) is 2.47. The summed E-state index contributed by atoms with van der Waals surface area (Å²) in [6, 6.07) is 0. The molecular formula is C15H31N3O. The molecule has 2 fully saturated rings. The van der Waals surface area contributed by atoms with Crippen LogP contribution in [0.3, 0.4) is 0 Å². The van der Waals surface area contributed by atoms with E-state index in [-0.39, 0.29) is 5.54 Å². The van der Waals surface area contributed by atoms with Crippen LogP contribution in [-0.2, 0) is 4.74 Å². The minimum atomic E-state index is 0.263. The molecular weight excluding hydrogens is 238 g/mol. The van der Waals surface area contributed by atoms with Crippen LogP contribution in [0.4, 0.5) is 0 Å². The third-order valence-corrected chi connectivity index (χ3v) is 5.25. The fraction of sp³-hybridized carbons (Fsp3) is 1.00. The van der Waals surface area contributed by atoms with Gasteiger partial charge in [0.05, 0.1) is 13.2 Å². The van der Waals surface area contributed by atoms with Crippen molar-refractivity contribution in [1.82, 2.24) is 9.80 Å². The molecule has 2 aliphatic rings. The van der Waals surface area contributed by atoms with Crippen LogP contribution in [-0.4, -0.2) is 68.3 Å². The highest BCUT2D eigenvalue weighted by molar-refractivity contribution is 4.94. The first-order chi connectivity index (χ1) is 9.16. The van der Waals surface area contributed by atoms with Gasteiger partial charge in [-0.2, -0.15) is 0 Å². The summed E-state index contributed by atoms with van der Waals surface area (Å²) < 4.78 is 5.40. The van der Waals surface area contributed by atoms with Crippen LogP contribution in [0.2, 0.25) is 0 Å². The van der Waals surface area contributed by atoms with E-state index in [0.717, 1.165) is 51.9 Å². The van der Waals surface area contributed by atoms with Crippen molar-refractivity contribution < 1.29 is 4.74 Å². The van der Waals surface area contributed by atoms with Gasteiger partial charge in [0.15, 0.2) is 0 Å². The Morgan fingerprint density at radius 2 is 1.89 bits per heavy atom. The Bertz CT molecular complexity index is 258. The highest BCUT2D eigenvalue weighted by Gasteiger charge is 2.36. The molecule has 1 heterocycles. The molecule has 0 aromatic carbocycles. The molecule has 0 aromatic heterocycles. The molecule has 1 aliphatic carbocycles. The minimum absolute atomic E-state index is 0.263. The van der Waals surface area contributed by atoms with E-state index >= 15 is 0 Å². The van der Waals surface area contributed by atoms with E-state index in [0.29, 0.717) is 0 Å². The van der Waals surface area contributed by atoms with E-state index in [1.807, 2.05) is 0 Å². The van der Waals surface area contributed by atoms with Gasteiger partial charge in [-0.05, 0) is 38.6 Å². The van der Waals surface area contributed by atoms with E-state index in [1.165, 1.54) is 25.7 Å². The van der Waals surface area contributed by atoms with Gasteiger partial charge in [0, 0.05) is 38.3 Å². The molecule has 1 aliphatic heterocycles. The zero-order chi connectivity index (χ0) is 13.7.